The molecule has 184 valence electrons. The third-order valence-corrected chi connectivity index (χ3v) is 5.38. The van der Waals surface area contributed by atoms with E-state index < -0.39 is 47.9 Å². The van der Waals surface area contributed by atoms with Crippen molar-refractivity contribution < 1.29 is 24.3 Å². The number of amides is 3. The van der Waals surface area contributed by atoms with Crippen molar-refractivity contribution in [1.82, 2.24) is 16.0 Å². The van der Waals surface area contributed by atoms with Gasteiger partial charge in [0.25, 0.3) is 0 Å². The van der Waals surface area contributed by atoms with Gasteiger partial charge in [-0.25, -0.2) is 4.79 Å². The van der Waals surface area contributed by atoms with Crippen LogP contribution in [0, 0.1) is 11.8 Å². The lowest BCUT2D eigenvalue weighted by Crippen LogP contribution is -2.58. The minimum atomic E-state index is -1.22. The quantitative estimate of drug-likeness (QED) is 0.229. The minimum Gasteiger partial charge on any atom is -0.480 e. The SMILES string of the molecule is CC(C)CC(NC(=O)C(NC(=O)C(N)Cc1ccccc1)C(C)C)C(=O)NC(CS)C(=O)O. The molecule has 6 N–H and O–H groups in total. The average molecular weight is 481 g/mol. The van der Waals surface area contributed by atoms with Crippen LogP contribution < -0.4 is 21.7 Å². The molecule has 3 amide bonds. The van der Waals surface area contributed by atoms with Crippen molar-refractivity contribution in [3.63, 3.8) is 0 Å². The van der Waals surface area contributed by atoms with Crippen LogP contribution in [0.25, 0.3) is 0 Å². The van der Waals surface area contributed by atoms with Gasteiger partial charge in [0.15, 0.2) is 0 Å². The first-order valence-electron chi connectivity index (χ1n) is 11.0. The van der Waals surface area contributed by atoms with Gasteiger partial charge in [-0.2, -0.15) is 12.6 Å². The first-order valence-corrected chi connectivity index (χ1v) is 11.6. The van der Waals surface area contributed by atoms with Crippen molar-refractivity contribution in [2.75, 3.05) is 5.75 Å². The van der Waals surface area contributed by atoms with Gasteiger partial charge in [-0.15, -0.1) is 0 Å². The number of hydrogen-bond acceptors (Lipinski definition) is 6. The van der Waals surface area contributed by atoms with Crippen LogP contribution in [0.1, 0.15) is 39.7 Å². The molecule has 0 aliphatic rings. The Bertz CT molecular complexity index is 803. The van der Waals surface area contributed by atoms with Gasteiger partial charge >= 0.3 is 5.97 Å². The summed E-state index contributed by atoms with van der Waals surface area (Å²) in [7, 11) is 0. The number of hydrogen-bond donors (Lipinski definition) is 6. The smallest absolute Gasteiger partial charge is 0.327 e. The summed E-state index contributed by atoms with van der Waals surface area (Å²) in [5, 5.41) is 16.9. The van der Waals surface area contributed by atoms with Gasteiger partial charge in [-0.3, -0.25) is 14.4 Å². The second-order valence-electron chi connectivity index (χ2n) is 8.80. The molecule has 1 rings (SSSR count). The largest absolute Gasteiger partial charge is 0.480 e. The van der Waals surface area contributed by atoms with Crippen LogP contribution in [0.3, 0.4) is 0 Å². The second-order valence-corrected chi connectivity index (χ2v) is 9.16. The topological polar surface area (TPSA) is 151 Å². The normalized spacial score (nSPS) is 14.8. The Morgan fingerprint density at radius 2 is 1.48 bits per heavy atom. The molecule has 0 aliphatic heterocycles. The number of aliphatic carboxylic acids is 1. The van der Waals surface area contributed by atoms with Gasteiger partial charge in [0.2, 0.25) is 17.7 Å². The number of carbonyl (C=O) groups is 4. The fourth-order valence-corrected chi connectivity index (χ4v) is 3.43. The predicted molar refractivity (Wildman–Crippen MR) is 130 cm³/mol. The molecule has 0 saturated carbocycles. The van der Waals surface area contributed by atoms with E-state index in [0.717, 1.165) is 5.56 Å². The molecule has 0 aromatic heterocycles. The molecule has 9 nitrogen and oxygen atoms in total. The number of nitrogens with two attached hydrogens (primary N) is 1. The van der Waals surface area contributed by atoms with Crippen LogP contribution in [0.4, 0.5) is 0 Å². The number of benzene rings is 1. The zero-order valence-corrected chi connectivity index (χ0v) is 20.5. The van der Waals surface area contributed by atoms with Crippen molar-refractivity contribution >= 4 is 36.3 Å². The van der Waals surface area contributed by atoms with Gasteiger partial charge in [-0.05, 0) is 30.2 Å². The predicted octanol–water partition coefficient (Wildman–Crippen LogP) is 0.727. The highest BCUT2D eigenvalue weighted by atomic mass is 32.1. The zero-order valence-electron chi connectivity index (χ0n) is 19.6. The number of carbonyl (C=O) groups excluding carboxylic acids is 3. The summed E-state index contributed by atoms with van der Waals surface area (Å²) in [5.41, 5.74) is 6.94. The molecule has 1 aromatic carbocycles. The van der Waals surface area contributed by atoms with Gasteiger partial charge < -0.3 is 26.8 Å². The molecule has 0 spiro atoms. The fraction of sp³-hybridized carbons (Fsp3) is 0.565. The van der Waals surface area contributed by atoms with Crippen molar-refractivity contribution in [3.8, 4) is 0 Å². The molecule has 0 bridgehead atoms. The van der Waals surface area contributed by atoms with Crippen LogP contribution in [0.5, 0.6) is 0 Å². The van der Waals surface area contributed by atoms with Crippen LogP contribution in [-0.2, 0) is 25.6 Å². The molecule has 0 heterocycles. The maximum absolute atomic E-state index is 13.0. The van der Waals surface area contributed by atoms with E-state index in [4.69, 9.17) is 5.73 Å². The molecule has 33 heavy (non-hydrogen) atoms. The monoisotopic (exact) mass is 480 g/mol. The molecule has 0 saturated heterocycles. The molecule has 4 atom stereocenters. The lowest BCUT2D eigenvalue weighted by atomic mass is 9.99. The molecular weight excluding hydrogens is 444 g/mol. The van der Waals surface area contributed by atoms with E-state index in [0.29, 0.717) is 12.8 Å². The summed E-state index contributed by atoms with van der Waals surface area (Å²) in [6.45, 7) is 7.30. The number of carboxylic acids is 1. The molecule has 0 aliphatic carbocycles. The highest BCUT2D eigenvalue weighted by molar-refractivity contribution is 7.80. The van der Waals surface area contributed by atoms with Gasteiger partial charge in [-0.1, -0.05) is 58.0 Å². The second kappa shape index (κ2) is 13.8. The summed E-state index contributed by atoms with van der Waals surface area (Å²) in [5.74, 6) is -3.16. The van der Waals surface area contributed by atoms with E-state index in [9.17, 15) is 24.3 Å². The number of carboxylic acid groups (broad SMARTS) is 1. The minimum absolute atomic E-state index is 0.0479. The van der Waals surface area contributed by atoms with Crippen molar-refractivity contribution in [2.24, 2.45) is 17.6 Å². The number of rotatable bonds is 13. The summed E-state index contributed by atoms with van der Waals surface area (Å²) in [6, 6.07) is 5.41. The van der Waals surface area contributed by atoms with Crippen LogP contribution >= 0.6 is 12.6 Å². The Labute approximate surface area is 200 Å². The van der Waals surface area contributed by atoms with Crippen LogP contribution in [-0.4, -0.2) is 58.7 Å². The molecule has 10 heteroatoms. The van der Waals surface area contributed by atoms with E-state index in [1.165, 1.54) is 0 Å². The first kappa shape index (κ1) is 28.4. The Kier molecular flexibility index (Phi) is 11.9. The third-order valence-electron chi connectivity index (χ3n) is 5.02. The molecule has 0 fully saturated rings. The molecule has 4 unspecified atom stereocenters. The van der Waals surface area contributed by atoms with Crippen molar-refractivity contribution in [2.45, 2.75) is 64.7 Å². The lowest BCUT2D eigenvalue weighted by molar-refractivity contribution is -0.141. The molecule has 0 radical (unpaired) electrons. The van der Waals surface area contributed by atoms with Crippen molar-refractivity contribution in [3.05, 3.63) is 35.9 Å². The van der Waals surface area contributed by atoms with E-state index in [2.05, 4.69) is 28.6 Å². The van der Waals surface area contributed by atoms with E-state index in [-0.39, 0.29) is 17.6 Å². The Morgan fingerprint density at radius 1 is 0.909 bits per heavy atom. The van der Waals surface area contributed by atoms with Crippen molar-refractivity contribution in [1.29, 1.82) is 0 Å². The number of nitrogens with one attached hydrogen (secondary N) is 3. The lowest BCUT2D eigenvalue weighted by Gasteiger charge is -2.27. The zero-order chi connectivity index (χ0) is 25.1. The highest BCUT2D eigenvalue weighted by Crippen LogP contribution is 2.09. The molecular formula is C23H36N4O5S. The molecule has 1 aromatic rings. The van der Waals surface area contributed by atoms with Gasteiger partial charge in [0.1, 0.15) is 18.1 Å². The van der Waals surface area contributed by atoms with Crippen LogP contribution in [0.15, 0.2) is 30.3 Å². The van der Waals surface area contributed by atoms with Crippen LogP contribution in [0.2, 0.25) is 0 Å². The maximum atomic E-state index is 13.0. The average Bonchev–Trinajstić information content (AvgIpc) is 2.74. The Balaban J connectivity index is 2.88. The van der Waals surface area contributed by atoms with Gasteiger partial charge in [0, 0.05) is 5.75 Å². The standard InChI is InChI=1S/C23H36N4O5S/c1-13(2)10-17(21(29)26-18(12-33)23(31)32)25-22(30)19(14(3)4)27-20(28)16(24)11-15-8-6-5-7-9-15/h5-9,13-14,16-19,33H,10-12,24H2,1-4H3,(H,25,30)(H,26,29)(H,27,28)(H,31,32). The summed E-state index contributed by atoms with van der Waals surface area (Å²) < 4.78 is 0. The first-order chi connectivity index (χ1) is 15.5. The Hall–Kier alpha value is -2.59. The number of thiol groups is 1. The van der Waals surface area contributed by atoms with E-state index in [1.54, 1.807) is 13.8 Å². The third kappa shape index (κ3) is 9.83. The summed E-state index contributed by atoms with van der Waals surface area (Å²) in [4.78, 5) is 49.6. The van der Waals surface area contributed by atoms with E-state index in [1.807, 2.05) is 44.2 Å². The fourth-order valence-electron chi connectivity index (χ4n) is 3.18. The Morgan fingerprint density at radius 3 is 1.97 bits per heavy atom. The maximum Gasteiger partial charge on any atom is 0.327 e. The van der Waals surface area contributed by atoms with E-state index >= 15 is 0 Å². The summed E-state index contributed by atoms with van der Waals surface area (Å²) in [6.07, 6.45) is 0.612. The summed E-state index contributed by atoms with van der Waals surface area (Å²) >= 11 is 3.95. The highest BCUT2D eigenvalue weighted by Gasteiger charge is 2.31. The van der Waals surface area contributed by atoms with Gasteiger partial charge in [0.05, 0.1) is 6.04 Å².